The van der Waals surface area contributed by atoms with Crippen molar-refractivity contribution < 1.29 is 18.8 Å². The molecule has 0 spiro atoms. The van der Waals surface area contributed by atoms with Crippen LogP contribution < -0.4 is 16.5 Å². The first-order valence-corrected chi connectivity index (χ1v) is 12.0. The zero-order valence-corrected chi connectivity index (χ0v) is 21.0. The topological polar surface area (TPSA) is 93.4 Å². The predicted molar refractivity (Wildman–Crippen MR) is 139 cm³/mol. The van der Waals surface area contributed by atoms with Gasteiger partial charge in [0.15, 0.2) is 0 Å². The van der Waals surface area contributed by atoms with Crippen molar-refractivity contribution in [3.8, 4) is 0 Å². The maximum absolute atomic E-state index is 13.7. The second-order valence-electron chi connectivity index (χ2n) is 7.96. The molecule has 1 aliphatic rings. The molecular weight excluding hydrogens is 548 g/mol. The van der Waals surface area contributed by atoms with Gasteiger partial charge in [-0.1, -0.05) is 31.0 Å². The Bertz CT molecular complexity index is 1140. The number of aryl methyl sites for hydroxylation is 1. The van der Waals surface area contributed by atoms with Gasteiger partial charge in [-0.15, -0.1) is 0 Å². The number of carbonyl (C=O) groups is 2. The van der Waals surface area contributed by atoms with E-state index >= 15 is 0 Å². The minimum absolute atomic E-state index is 0.0688. The molecule has 1 aliphatic carbocycles. The van der Waals surface area contributed by atoms with Gasteiger partial charge in [-0.25, -0.2) is 9.87 Å². The summed E-state index contributed by atoms with van der Waals surface area (Å²) in [7, 11) is 0. The number of primary amides is 1. The van der Waals surface area contributed by atoms with Crippen molar-refractivity contribution in [2.75, 3.05) is 5.32 Å². The molecule has 0 heterocycles. The third-order valence-electron chi connectivity index (χ3n) is 5.36. The largest absolute Gasteiger partial charge is 0.366 e. The number of amides is 2. The first kappa shape index (κ1) is 25.6. The Hall–Kier alpha value is -2.98. The first-order valence-electron chi connectivity index (χ1n) is 11.0. The Morgan fingerprint density at radius 3 is 2.32 bits per heavy atom. The molecular formula is C26H27FIN3O3. The van der Waals surface area contributed by atoms with E-state index in [1.54, 1.807) is 24.3 Å². The van der Waals surface area contributed by atoms with E-state index in [2.05, 4.69) is 33.4 Å². The van der Waals surface area contributed by atoms with Gasteiger partial charge in [0.2, 0.25) is 5.91 Å². The highest BCUT2D eigenvalue weighted by Gasteiger charge is 2.19. The Balaban J connectivity index is 0.000000302. The molecule has 0 atom stereocenters. The highest BCUT2D eigenvalue weighted by atomic mass is 127. The standard InChI is InChI=1S/C19H20FIN2O2.C7H7NO/c1-12-10-14(21)7-9-17(12)22-18-11-13(20)6-8-16(18)19(24)23-25-15-4-2-3-5-15;8-7(9)6-4-2-1-3-5-6/h6-11,15,22H,2-5H2,1H3,(H,23,24);1-5H,(H2,8,9). The van der Waals surface area contributed by atoms with Crippen molar-refractivity contribution in [1.82, 2.24) is 5.48 Å². The van der Waals surface area contributed by atoms with Crippen LogP contribution in [0.3, 0.4) is 0 Å². The number of nitrogens with two attached hydrogens (primary N) is 1. The minimum atomic E-state index is -0.404. The van der Waals surface area contributed by atoms with Gasteiger partial charge >= 0.3 is 0 Å². The maximum Gasteiger partial charge on any atom is 0.276 e. The molecule has 0 aliphatic heterocycles. The van der Waals surface area contributed by atoms with Crippen LogP contribution in [-0.4, -0.2) is 17.9 Å². The fourth-order valence-corrected chi connectivity index (χ4v) is 4.18. The van der Waals surface area contributed by atoms with Crippen molar-refractivity contribution in [2.24, 2.45) is 5.73 Å². The lowest BCUT2D eigenvalue weighted by molar-refractivity contribution is -0.0124. The van der Waals surface area contributed by atoms with Gasteiger partial charge in [0.25, 0.3) is 5.91 Å². The fraction of sp³-hybridized carbons (Fsp3) is 0.231. The second-order valence-corrected chi connectivity index (χ2v) is 9.21. The molecule has 1 saturated carbocycles. The van der Waals surface area contributed by atoms with Gasteiger partial charge in [-0.3, -0.25) is 14.4 Å². The number of nitrogens with one attached hydrogen (secondary N) is 2. The normalized spacial score (nSPS) is 13.0. The molecule has 8 heteroatoms. The molecule has 0 radical (unpaired) electrons. The molecule has 178 valence electrons. The minimum Gasteiger partial charge on any atom is -0.366 e. The lowest BCUT2D eigenvalue weighted by Gasteiger charge is -2.16. The van der Waals surface area contributed by atoms with Gasteiger partial charge in [0.05, 0.1) is 17.4 Å². The lowest BCUT2D eigenvalue weighted by atomic mass is 10.1. The molecule has 0 unspecified atom stereocenters. The first-order chi connectivity index (χ1) is 16.3. The van der Waals surface area contributed by atoms with E-state index in [-0.39, 0.29) is 17.9 Å². The molecule has 6 nitrogen and oxygen atoms in total. The van der Waals surface area contributed by atoms with Gasteiger partial charge in [-0.2, -0.15) is 0 Å². The van der Waals surface area contributed by atoms with Crippen LogP contribution in [0.5, 0.6) is 0 Å². The van der Waals surface area contributed by atoms with Crippen molar-refractivity contribution in [3.05, 3.63) is 92.8 Å². The zero-order valence-electron chi connectivity index (χ0n) is 18.8. The van der Waals surface area contributed by atoms with Crippen LogP contribution in [0, 0.1) is 16.3 Å². The second kappa shape index (κ2) is 12.5. The summed E-state index contributed by atoms with van der Waals surface area (Å²) >= 11 is 2.24. The molecule has 4 rings (SSSR count). The van der Waals surface area contributed by atoms with E-state index in [9.17, 15) is 14.0 Å². The Morgan fingerprint density at radius 2 is 1.71 bits per heavy atom. The summed E-state index contributed by atoms with van der Waals surface area (Å²) in [5.41, 5.74) is 10.6. The van der Waals surface area contributed by atoms with E-state index < -0.39 is 5.82 Å². The van der Waals surface area contributed by atoms with Crippen LogP contribution >= 0.6 is 22.6 Å². The molecule has 3 aromatic carbocycles. The van der Waals surface area contributed by atoms with E-state index in [1.165, 1.54) is 18.2 Å². The summed E-state index contributed by atoms with van der Waals surface area (Å²) in [5, 5.41) is 3.16. The summed E-state index contributed by atoms with van der Waals surface area (Å²) in [4.78, 5) is 28.4. The number of hydroxylamine groups is 1. The number of carbonyl (C=O) groups excluding carboxylic acids is 2. The van der Waals surface area contributed by atoms with Crippen molar-refractivity contribution in [3.63, 3.8) is 0 Å². The van der Waals surface area contributed by atoms with Crippen LogP contribution in [0.25, 0.3) is 0 Å². The van der Waals surface area contributed by atoms with Crippen LogP contribution in [0.15, 0.2) is 66.7 Å². The van der Waals surface area contributed by atoms with Gasteiger partial charge in [0.1, 0.15) is 5.82 Å². The fourth-order valence-electron chi connectivity index (χ4n) is 3.53. The summed E-state index contributed by atoms with van der Waals surface area (Å²) < 4.78 is 14.8. The summed E-state index contributed by atoms with van der Waals surface area (Å²) in [5.74, 6) is -1.16. The van der Waals surface area contributed by atoms with Gasteiger partial charge in [-0.05, 0) is 96.5 Å². The molecule has 0 aromatic heterocycles. The number of benzene rings is 3. The number of hydrogen-bond acceptors (Lipinski definition) is 4. The highest BCUT2D eigenvalue weighted by Crippen LogP contribution is 2.26. The smallest absolute Gasteiger partial charge is 0.276 e. The van der Waals surface area contributed by atoms with E-state index in [0.29, 0.717) is 16.8 Å². The van der Waals surface area contributed by atoms with Crippen molar-refractivity contribution in [1.29, 1.82) is 0 Å². The van der Waals surface area contributed by atoms with Gasteiger partial charge in [0, 0.05) is 14.8 Å². The highest BCUT2D eigenvalue weighted by molar-refractivity contribution is 14.1. The van der Waals surface area contributed by atoms with Crippen LogP contribution in [0.2, 0.25) is 0 Å². The Kier molecular flexibility index (Phi) is 9.41. The van der Waals surface area contributed by atoms with Crippen LogP contribution in [-0.2, 0) is 4.84 Å². The maximum atomic E-state index is 13.7. The molecule has 1 fully saturated rings. The number of hydrogen-bond donors (Lipinski definition) is 3. The number of anilines is 2. The molecule has 4 N–H and O–H groups in total. The average Bonchev–Trinajstić information content (AvgIpc) is 3.34. The number of halogens is 2. The monoisotopic (exact) mass is 575 g/mol. The Morgan fingerprint density at radius 1 is 1.00 bits per heavy atom. The molecule has 0 saturated heterocycles. The SMILES string of the molecule is Cc1cc(I)ccc1Nc1cc(F)ccc1C(=O)NOC1CCCC1.NC(=O)c1ccccc1. The summed E-state index contributed by atoms with van der Waals surface area (Å²) in [6.45, 7) is 1.97. The van der Waals surface area contributed by atoms with Crippen molar-refractivity contribution >= 4 is 45.8 Å². The molecule has 3 aromatic rings. The van der Waals surface area contributed by atoms with E-state index in [0.717, 1.165) is 40.5 Å². The molecule has 0 bridgehead atoms. The predicted octanol–water partition coefficient (Wildman–Crippen LogP) is 5.87. The zero-order chi connectivity index (χ0) is 24.5. The average molecular weight is 575 g/mol. The third-order valence-corrected chi connectivity index (χ3v) is 6.03. The van der Waals surface area contributed by atoms with E-state index in [4.69, 9.17) is 10.6 Å². The third kappa shape index (κ3) is 7.53. The summed E-state index contributed by atoms with van der Waals surface area (Å²) in [6, 6.07) is 18.7. The lowest BCUT2D eigenvalue weighted by Crippen LogP contribution is -2.28. The molecule has 34 heavy (non-hydrogen) atoms. The number of rotatable bonds is 6. The molecule has 2 amide bonds. The van der Waals surface area contributed by atoms with Crippen LogP contribution in [0.1, 0.15) is 52.0 Å². The van der Waals surface area contributed by atoms with Gasteiger partial charge < -0.3 is 11.1 Å². The quantitative estimate of drug-likeness (QED) is 0.253. The van der Waals surface area contributed by atoms with E-state index in [1.807, 2.05) is 31.2 Å². The summed E-state index contributed by atoms with van der Waals surface area (Å²) in [6.07, 6.45) is 4.22. The van der Waals surface area contributed by atoms with Crippen LogP contribution in [0.4, 0.5) is 15.8 Å². The Labute approximate surface area is 212 Å². The van der Waals surface area contributed by atoms with Crippen molar-refractivity contribution in [2.45, 2.75) is 38.7 Å².